The molecule has 128 valence electrons. The lowest BCUT2D eigenvalue weighted by Gasteiger charge is -2.13. The van der Waals surface area contributed by atoms with Gasteiger partial charge in [0.25, 0.3) is 0 Å². The number of fused-ring (bicyclic) bond motifs is 1. The highest BCUT2D eigenvalue weighted by Gasteiger charge is 2.17. The van der Waals surface area contributed by atoms with Gasteiger partial charge in [0.15, 0.2) is 11.6 Å². The number of aromatic nitrogens is 1. The monoisotopic (exact) mass is 345 g/mol. The maximum atomic E-state index is 14.3. The van der Waals surface area contributed by atoms with Gasteiger partial charge in [0.2, 0.25) is 5.43 Å². The first-order valence-electron chi connectivity index (χ1n) is 7.29. The molecule has 0 radical (unpaired) electrons. The number of methoxy groups -OCH3 is 1. The fourth-order valence-electron chi connectivity index (χ4n) is 2.70. The molecule has 3 rings (SSSR count). The number of nitrogens with zero attached hydrogens (tertiary/aromatic N) is 1. The van der Waals surface area contributed by atoms with Gasteiger partial charge < -0.3 is 14.4 Å². The van der Waals surface area contributed by atoms with Crippen LogP contribution in [0.1, 0.15) is 15.9 Å². The van der Waals surface area contributed by atoms with E-state index in [0.29, 0.717) is 5.56 Å². The van der Waals surface area contributed by atoms with Crippen LogP contribution in [-0.2, 0) is 6.54 Å². The Morgan fingerprint density at radius 3 is 2.60 bits per heavy atom. The van der Waals surface area contributed by atoms with E-state index in [2.05, 4.69) is 0 Å². The topological polar surface area (TPSA) is 68.5 Å². The molecule has 0 atom stereocenters. The van der Waals surface area contributed by atoms with E-state index in [1.807, 2.05) is 0 Å². The Hall–Kier alpha value is -3.22. The minimum Gasteiger partial charge on any atom is -0.494 e. The molecular formula is C18H13F2NO4. The van der Waals surface area contributed by atoms with Crippen molar-refractivity contribution in [3.8, 4) is 5.75 Å². The molecule has 0 aliphatic carbocycles. The molecule has 0 aliphatic rings. The van der Waals surface area contributed by atoms with Crippen molar-refractivity contribution in [3.05, 3.63) is 75.6 Å². The van der Waals surface area contributed by atoms with Gasteiger partial charge in [-0.3, -0.25) is 4.79 Å². The van der Waals surface area contributed by atoms with Gasteiger partial charge in [-0.15, -0.1) is 0 Å². The summed E-state index contributed by atoms with van der Waals surface area (Å²) < 4.78 is 34.3. The molecule has 0 amide bonds. The molecule has 1 heterocycles. The number of benzene rings is 2. The lowest BCUT2D eigenvalue weighted by atomic mass is 10.1. The summed E-state index contributed by atoms with van der Waals surface area (Å²) in [5.41, 5.74) is -0.817. The standard InChI is InChI=1S/C18H13F2NO4/c1-25-15-6-5-10(7-14(15)20)8-21-9-12(18(23)24)17(22)11-3-2-4-13(19)16(11)21/h2-7,9H,8H2,1H3,(H,23,24). The van der Waals surface area contributed by atoms with E-state index in [1.165, 1.54) is 42.0 Å². The molecular weight excluding hydrogens is 332 g/mol. The van der Waals surface area contributed by atoms with Crippen LogP contribution >= 0.6 is 0 Å². The van der Waals surface area contributed by atoms with Crippen molar-refractivity contribution in [1.29, 1.82) is 0 Å². The zero-order valence-electron chi connectivity index (χ0n) is 13.1. The highest BCUT2D eigenvalue weighted by molar-refractivity contribution is 5.92. The molecule has 0 fully saturated rings. The molecule has 0 saturated heterocycles. The zero-order chi connectivity index (χ0) is 18.1. The Kier molecular flexibility index (Phi) is 4.22. The van der Waals surface area contributed by atoms with Crippen LogP contribution in [-0.4, -0.2) is 22.8 Å². The smallest absolute Gasteiger partial charge is 0.341 e. The third-order valence-electron chi connectivity index (χ3n) is 3.85. The predicted molar refractivity (Wildman–Crippen MR) is 87.2 cm³/mol. The van der Waals surface area contributed by atoms with Crippen molar-refractivity contribution < 1.29 is 23.4 Å². The summed E-state index contributed by atoms with van der Waals surface area (Å²) in [6, 6.07) is 8.08. The zero-order valence-corrected chi connectivity index (χ0v) is 13.1. The van der Waals surface area contributed by atoms with E-state index < -0.39 is 28.6 Å². The Bertz CT molecular complexity index is 1040. The molecule has 1 aromatic heterocycles. The molecule has 7 heteroatoms. The van der Waals surface area contributed by atoms with Crippen LogP contribution < -0.4 is 10.2 Å². The molecule has 1 N–H and O–H groups in total. The van der Waals surface area contributed by atoms with Gasteiger partial charge in [-0.2, -0.15) is 0 Å². The number of carboxylic acid groups (broad SMARTS) is 1. The van der Waals surface area contributed by atoms with Crippen molar-refractivity contribution in [2.45, 2.75) is 6.54 Å². The van der Waals surface area contributed by atoms with Crippen molar-refractivity contribution in [3.63, 3.8) is 0 Å². The van der Waals surface area contributed by atoms with E-state index in [-0.39, 0.29) is 23.2 Å². The molecule has 0 saturated carbocycles. The minimum absolute atomic E-state index is 0.0150. The summed E-state index contributed by atoms with van der Waals surface area (Å²) in [4.78, 5) is 23.5. The van der Waals surface area contributed by atoms with Gasteiger partial charge in [-0.25, -0.2) is 13.6 Å². The van der Waals surface area contributed by atoms with E-state index >= 15 is 0 Å². The first kappa shape index (κ1) is 16.6. The number of hydrogen-bond donors (Lipinski definition) is 1. The largest absolute Gasteiger partial charge is 0.494 e. The molecule has 3 aromatic rings. The van der Waals surface area contributed by atoms with Crippen molar-refractivity contribution in [1.82, 2.24) is 4.57 Å². The number of ether oxygens (including phenoxy) is 1. The summed E-state index contributed by atoms with van der Waals surface area (Å²) in [5, 5.41) is 9.17. The average Bonchev–Trinajstić information content (AvgIpc) is 2.57. The van der Waals surface area contributed by atoms with Crippen LogP contribution in [0, 0.1) is 11.6 Å². The van der Waals surface area contributed by atoms with E-state index in [0.717, 1.165) is 6.20 Å². The molecule has 2 aromatic carbocycles. The van der Waals surface area contributed by atoms with Gasteiger partial charge >= 0.3 is 5.97 Å². The third kappa shape index (κ3) is 2.96. The van der Waals surface area contributed by atoms with Crippen LogP contribution in [0.4, 0.5) is 8.78 Å². The number of halogens is 2. The van der Waals surface area contributed by atoms with Crippen LogP contribution in [0.3, 0.4) is 0 Å². The second-order valence-electron chi connectivity index (χ2n) is 5.41. The summed E-state index contributed by atoms with van der Waals surface area (Å²) in [5.74, 6) is -2.61. The van der Waals surface area contributed by atoms with Crippen molar-refractivity contribution in [2.24, 2.45) is 0 Å². The lowest BCUT2D eigenvalue weighted by molar-refractivity contribution is 0.0695. The maximum absolute atomic E-state index is 14.3. The summed E-state index contributed by atoms with van der Waals surface area (Å²) in [7, 11) is 1.34. The van der Waals surface area contributed by atoms with Gasteiger partial charge in [-0.1, -0.05) is 12.1 Å². The normalized spacial score (nSPS) is 10.8. The first-order valence-corrected chi connectivity index (χ1v) is 7.29. The fourth-order valence-corrected chi connectivity index (χ4v) is 2.70. The molecule has 0 aliphatic heterocycles. The molecule has 25 heavy (non-hydrogen) atoms. The van der Waals surface area contributed by atoms with Gasteiger partial charge in [0.05, 0.1) is 12.6 Å². The second-order valence-corrected chi connectivity index (χ2v) is 5.41. The highest BCUT2D eigenvalue weighted by Crippen LogP contribution is 2.21. The Morgan fingerprint density at radius 1 is 1.20 bits per heavy atom. The minimum atomic E-state index is -1.41. The summed E-state index contributed by atoms with van der Waals surface area (Å²) >= 11 is 0. The summed E-state index contributed by atoms with van der Waals surface area (Å²) in [6.45, 7) is -0.0150. The summed E-state index contributed by atoms with van der Waals surface area (Å²) in [6.07, 6.45) is 1.07. The molecule has 0 bridgehead atoms. The van der Waals surface area contributed by atoms with Crippen LogP contribution in [0.25, 0.3) is 10.9 Å². The third-order valence-corrected chi connectivity index (χ3v) is 3.85. The Balaban J connectivity index is 2.21. The Morgan fingerprint density at radius 2 is 1.96 bits per heavy atom. The lowest BCUT2D eigenvalue weighted by Crippen LogP contribution is -2.20. The molecule has 5 nitrogen and oxygen atoms in total. The number of carbonyl (C=O) groups is 1. The number of pyridine rings is 1. The highest BCUT2D eigenvalue weighted by atomic mass is 19.1. The first-order chi connectivity index (χ1) is 11.9. The number of para-hydroxylation sites is 1. The second kappa shape index (κ2) is 6.35. The quantitative estimate of drug-likeness (QED) is 0.789. The molecule has 0 spiro atoms. The van der Waals surface area contributed by atoms with E-state index in [1.54, 1.807) is 6.07 Å². The average molecular weight is 345 g/mol. The van der Waals surface area contributed by atoms with Crippen molar-refractivity contribution >= 4 is 16.9 Å². The van der Waals surface area contributed by atoms with Crippen molar-refractivity contribution in [2.75, 3.05) is 7.11 Å². The SMILES string of the molecule is COc1ccc(Cn2cc(C(=O)O)c(=O)c3cccc(F)c32)cc1F. The van der Waals surface area contributed by atoms with Gasteiger partial charge in [0.1, 0.15) is 11.4 Å². The maximum Gasteiger partial charge on any atom is 0.341 e. The van der Waals surface area contributed by atoms with Crippen LogP contribution in [0.15, 0.2) is 47.4 Å². The number of aromatic carboxylic acids is 1. The predicted octanol–water partition coefficient (Wildman–Crippen LogP) is 3.03. The molecule has 0 unspecified atom stereocenters. The fraction of sp³-hybridized carbons (Fsp3) is 0.111. The number of hydrogen-bond acceptors (Lipinski definition) is 3. The van der Waals surface area contributed by atoms with E-state index in [4.69, 9.17) is 4.74 Å². The Labute approximate surface area is 140 Å². The van der Waals surface area contributed by atoms with E-state index in [9.17, 15) is 23.5 Å². The van der Waals surface area contributed by atoms with Gasteiger partial charge in [-0.05, 0) is 29.8 Å². The number of rotatable bonds is 4. The number of carboxylic acids is 1. The van der Waals surface area contributed by atoms with Crippen LogP contribution in [0.2, 0.25) is 0 Å². The van der Waals surface area contributed by atoms with Gasteiger partial charge in [0, 0.05) is 18.1 Å². The van der Waals surface area contributed by atoms with Crippen LogP contribution in [0.5, 0.6) is 5.75 Å².